The number of esters is 1. The standard InChI is InChI=1S/C17H22O2.3CO.Fe/c1-3-4-5-6-7-8-9-10-11-12-13-14-15-16-17(18)19-2;3*1-2;/h13-16H,3-6,9,12H2,1-2H3;;;;. The van der Waals surface area contributed by atoms with Gasteiger partial charge in [0, 0.05) is 36.0 Å². The molecule has 0 aliphatic carbocycles. The molecule has 140 valence electrons. The van der Waals surface area contributed by atoms with Gasteiger partial charge in [-0.15, -0.1) is 5.92 Å². The molecule has 0 aliphatic rings. The Morgan fingerprint density at radius 2 is 1.54 bits per heavy atom. The van der Waals surface area contributed by atoms with Crippen LogP contribution >= 0.6 is 0 Å². The number of carbonyl (C=O) groups is 1. The van der Waals surface area contributed by atoms with Crippen molar-refractivity contribution in [2.75, 3.05) is 7.11 Å². The quantitative estimate of drug-likeness (QED) is 0.100. The van der Waals surface area contributed by atoms with Crippen LogP contribution in [0.2, 0.25) is 0 Å². The fourth-order valence-corrected chi connectivity index (χ4v) is 1.20. The molecule has 0 aliphatic heterocycles. The molecule has 0 heterocycles. The Morgan fingerprint density at radius 1 is 0.962 bits per heavy atom. The third kappa shape index (κ3) is 43.1. The van der Waals surface area contributed by atoms with Crippen LogP contribution < -0.4 is 0 Å². The van der Waals surface area contributed by atoms with Gasteiger partial charge < -0.3 is 4.74 Å². The zero-order valence-electron chi connectivity index (χ0n) is 14.9. The molecule has 0 aromatic rings. The van der Waals surface area contributed by atoms with E-state index < -0.39 is 0 Å². The van der Waals surface area contributed by atoms with Crippen LogP contribution in [0.15, 0.2) is 24.3 Å². The molecule has 0 unspecified atom stereocenters. The summed E-state index contributed by atoms with van der Waals surface area (Å²) >= 11 is 0. The van der Waals surface area contributed by atoms with E-state index in [0.29, 0.717) is 12.8 Å². The topological polar surface area (TPSA) is 86.0 Å². The van der Waals surface area contributed by atoms with Crippen LogP contribution in [-0.2, 0) is 40.6 Å². The minimum Gasteiger partial charge on any atom is 0 e. The molecule has 0 radical (unpaired) electrons. The molecule has 0 rings (SSSR count). The average molecular weight is 398 g/mol. The monoisotopic (exact) mass is 398 g/mol. The first-order chi connectivity index (χ1) is 12.3. The van der Waals surface area contributed by atoms with Crippen LogP contribution in [0.5, 0.6) is 0 Å². The van der Waals surface area contributed by atoms with Crippen molar-refractivity contribution >= 4 is 5.97 Å². The average Bonchev–Trinajstić information content (AvgIpc) is 2.70. The Hall–Kier alpha value is -2.19. The van der Waals surface area contributed by atoms with Gasteiger partial charge in [0.05, 0.1) is 13.5 Å². The summed E-state index contributed by atoms with van der Waals surface area (Å²) in [5.74, 6) is 11.8. The van der Waals surface area contributed by atoms with Crippen molar-refractivity contribution in [2.24, 2.45) is 0 Å². The molecule has 0 amide bonds. The number of methoxy groups -OCH3 is 1. The molecular formula is C20H22FeO5. The Morgan fingerprint density at radius 3 is 2.08 bits per heavy atom. The van der Waals surface area contributed by atoms with Crippen LogP contribution in [-0.4, -0.2) is 13.1 Å². The zero-order valence-corrected chi connectivity index (χ0v) is 16.1. The van der Waals surface area contributed by atoms with Gasteiger partial charge in [-0.2, -0.15) is 0 Å². The number of carbonyl (C=O) groups excluding carboxylic acids is 1. The van der Waals surface area contributed by atoms with Crippen molar-refractivity contribution in [1.82, 2.24) is 0 Å². The number of hydrogen-bond acceptors (Lipinski definition) is 2. The van der Waals surface area contributed by atoms with Gasteiger partial charge in [0.2, 0.25) is 0 Å². The predicted molar refractivity (Wildman–Crippen MR) is 91.0 cm³/mol. The van der Waals surface area contributed by atoms with E-state index in [1.165, 1.54) is 32.4 Å². The maximum atomic E-state index is 10.7. The summed E-state index contributed by atoms with van der Waals surface area (Å²) in [5.41, 5.74) is 0. The van der Waals surface area contributed by atoms with Crippen LogP contribution in [0.1, 0.15) is 45.4 Å². The number of allylic oxidation sites excluding steroid dienone is 3. The largest absolute Gasteiger partial charge is 0 e. The van der Waals surface area contributed by atoms with Crippen molar-refractivity contribution < 1.29 is 40.6 Å². The molecule has 0 aromatic heterocycles. The fourth-order valence-electron chi connectivity index (χ4n) is 1.20. The summed E-state index contributed by atoms with van der Waals surface area (Å²) in [5, 5.41) is 0. The van der Waals surface area contributed by atoms with E-state index in [0.717, 1.165) is 6.42 Å². The predicted octanol–water partition coefficient (Wildman–Crippen LogP) is 3.52. The summed E-state index contributed by atoms with van der Waals surface area (Å²) in [7, 11) is 1.35. The molecule has 26 heavy (non-hydrogen) atoms. The molecule has 0 bridgehead atoms. The first kappa shape index (κ1) is 35.0. The molecule has 5 nitrogen and oxygen atoms in total. The van der Waals surface area contributed by atoms with Gasteiger partial charge in [0.15, 0.2) is 0 Å². The summed E-state index contributed by atoms with van der Waals surface area (Å²) in [6, 6.07) is 0. The second-order valence-corrected chi connectivity index (χ2v) is 3.86. The molecule has 0 aromatic carbocycles. The van der Waals surface area contributed by atoms with Gasteiger partial charge in [-0.05, 0) is 6.42 Å². The number of ether oxygens (including phenoxy) is 1. The third-order valence-corrected chi connectivity index (χ3v) is 2.23. The Labute approximate surface area is 167 Å². The maximum absolute atomic E-state index is 10.7. The summed E-state index contributed by atoms with van der Waals surface area (Å²) < 4.78 is 27.0. The van der Waals surface area contributed by atoms with Gasteiger partial charge in [0.1, 0.15) is 0 Å². The molecule has 0 fully saturated rings. The fraction of sp³-hybridized carbons (Fsp3) is 0.400. The third-order valence-electron chi connectivity index (χ3n) is 2.23. The van der Waals surface area contributed by atoms with Gasteiger partial charge in [-0.3, -0.25) is 0 Å². The summed E-state index contributed by atoms with van der Waals surface area (Å²) in [6.45, 7) is 15.7. The maximum Gasteiger partial charge on any atom is 0 e. The van der Waals surface area contributed by atoms with E-state index >= 15 is 0 Å². The minimum atomic E-state index is -0.353. The van der Waals surface area contributed by atoms with E-state index in [4.69, 9.17) is 14.0 Å². The second-order valence-electron chi connectivity index (χ2n) is 3.86. The SMILES string of the molecule is CCCCCC#CCC#CCC=CC=CC(=O)OC.[C-]#[O+].[C-]#[O+].[C-]#[O+].[Fe]. The first-order valence-electron chi connectivity index (χ1n) is 7.25. The molecule has 0 N–H and O–H groups in total. The first-order valence-corrected chi connectivity index (χ1v) is 7.25. The molecular weight excluding hydrogens is 376 g/mol. The number of unbranched alkanes of at least 4 members (excludes halogenated alkanes) is 3. The van der Waals surface area contributed by atoms with Crippen LogP contribution in [0, 0.1) is 43.6 Å². The van der Waals surface area contributed by atoms with Gasteiger partial charge in [-0.25, -0.2) is 4.79 Å². The molecule has 0 spiro atoms. The van der Waals surface area contributed by atoms with Crippen molar-refractivity contribution in [3.8, 4) is 23.7 Å². The van der Waals surface area contributed by atoms with E-state index in [2.05, 4.69) is 55.3 Å². The van der Waals surface area contributed by atoms with E-state index in [9.17, 15) is 4.79 Å². The molecule has 0 saturated carbocycles. The number of hydrogen-bond donors (Lipinski definition) is 0. The minimum absolute atomic E-state index is 0. The van der Waals surface area contributed by atoms with Gasteiger partial charge >= 0.3 is 39.9 Å². The van der Waals surface area contributed by atoms with Crippen molar-refractivity contribution in [3.05, 3.63) is 44.3 Å². The Balaban J connectivity index is -0.000000189. The molecule has 0 saturated heterocycles. The second kappa shape index (κ2) is 43.4. The van der Waals surface area contributed by atoms with Crippen LogP contribution in [0.4, 0.5) is 0 Å². The molecule has 0 atom stereocenters. The van der Waals surface area contributed by atoms with Gasteiger partial charge in [0.25, 0.3) is 0 Å². The summed E-state index contributed by atoms with van der Waals surface area (Å²) in [6.07, 6.45) is 12.6. The van der Waals surface area contributed by atoms with E-state index in [1.807, 2.05) is 6.08 Å². The number of rotatable bonds is 6. The molecule has 6 heteroatoms. The van der Waals surface area contributed by atoms with Crippen LogP contribution in [0.25, 0.3) is 0 Å². The van der Waals surface area contributed by atoms with E-state index in [-0.39, 0.29) is 23.0 Å². The Kier molecular flexibility index (Phi) is 58.5. The normalized spacial score (nSPS) is 7.38. The van der Waals surface area contributed by atoms with Crippen LogP contribution in [0.3, 0.4) is 0 Å². The van der Waals surface area contributed by atoms with E-state index in [1.54, 1.807) is 12.2 Å². The smallest absolute Gasteiger partial charge is 0 e. The summed E-state index contributed by atoms with van der Waals surface area (Å²) in [4.78, 5) is 10.7. The zero-order chi connectivity index (χ0) is 20.2. The van der Waals surface area contributed by atoms with Crippen molar-refractivity contribution in [2.45, 2.75) is 45.4 Å². The van der Waals surface area contributed by atoms with Crippen molar-refractivity contribution in [3.63, 3.8) is 0 Å². The Bertz CT molecular complexity index is 519. The van der Waals surface area contributed by atoms with Crippen molar-refractivity contribution in [1.29, 1.82) is 0 Å². The van der Waals surface area contributed by atoms with Gasteiger partial charge in [-0.1, -0.05) is 55.8 Å².